The van der Waals surface area contributed by atoms with Crippen LogP contribution in [0.5, 0.6) is 0 Å². The Labute approximate surface area is 209 Å². The van der Waals surface area contributed by atoms with E-state index in [9.17, 15) is 9.59 Å². The molecule has 3 rings (SSSR count). The van der Waals surface area contributed by atoms with Gasteiger partial charge in [-0.3, -0.25) is 9.59 Å². The van der Waals surface area contributed by atoms with Crippen LogP contribution < -0.4 is 5.32 Å². The molecule has 0 aliphatic heterocycles. The topological polar surface area (TPSA) is 86.1 Å². The Hall–Kier alpha value is -2.84. The van der Waals surface area contributed by atoms with Crippen molar-refractivity contribution in [1.29, 1.82) is 0 Å². The number of thioether (sulfide) groups is 1. The molecule has 1 amide bonds. The summed E-state index contributed by atoms with van der Waals surface area (Å²) >= 11 is 7.60. The lowest BCUT2D eigenvalue weighted by atomic mass is 9.96. The van der Waals surface area contributed by atoms with Crippen LogP contribution in [0.15, 0.2) is 59.6 Å². The van der Waals surface area contributed by atoms with Gasteiger partial charge in [0.15, 0.2) is 0 Å². The molecule has 0 saturated carbocycles. The normalized spacial score (nSPS) is 11.9. The molecular weight excluding hydrogens is 472 g/mol. The highest BCUT2D eigenvalue weighted by molar-refractivity contribution is 7.98. The number of rotatable bonds is 11. The Bertz CT molecular complexity index is 1080. The molecule has 0 bridgehead atoms. The first kappa shape index (κ1) is 25.8. The van der Waals surface area contributed by atoms with Gasteiger partial charge in [0.05, 0.1) is 18.8 Å². The molecule has 2 aromatic carbocycles. The van der Waals surface area contributed by atoms with E-state index >= 15 is 0 Å². The van der Waals surface area contributed by atoms with Crippen LogP contribution in [0.25, 0.3) is 0 Å². The Kier molecular flexibility index (Phi) is 9.53. The van der Waals surface area contributed by atoms with Crippen molar-refractivity contribution >= 4 is 40.9 Å². The van der Waals surface area contributed by atoms with Gasteiger partial charge in [-0.05, 0) is 61.2 Å². The molecule has 34 heavy (non-hydrogen) atoms. The van der Waals surface area contributed by atoms with Gasteiger partial charge >= 0.3 is 5.97 Å². The van der Waals surface area contributed by atoms with Gasteiger partial charge in [-0.25, -0.2) is 4.68 Å². The maximum absolute atomic E-state index is 12.7. The monoisotopic (exact) mass is 500 g/mol. The van der Waals surface area contributed by atoms with E-state index in [4.69, 9.17) is 16.3 Å². The first-order valence-corrected chi connectivity index (χ1v) is 12.5. The number of nitrogens with one attached hydrogen (secondary N) is 1. The van der Waals surface area contributed by atoms with Crippen LogP contribution in [0.4, 0.5) is 5.69 Å². The second-order valence-electron chi connectivity index (χ2n) is 8.27. The van der Waals surface area contributed by atoms with Gasteiger partial charge in [-0.15, -0.1) is 16.9 Å². The van der Waals surface area contributed by atoms with E-state index in [1.165, 1.54) is 0 Å². The summed E-state index contributed by atoms with van der Waals surface area (Å²) in [5.74, 6) is -0.746. The fourth-order valence-corrected chi connectivity index (χ4v) is 4.21. The summed E-state index contributed by atoms with van der Waals surface area (Å²) in [4.78, 5) is 26.0. The van der Waals surface area contributed by atoms with Gasteiger partial charge in [0, 0.05) is 27.6 Å². The summed E-state index contributed by atoms with van der Waals surface area (Å²) < 4.78 is 6.86. The molecule has 0 aliphatic rings. The van der Waals surface area contributed by atoms with Gasteiger partial charge in [0.1, 0.15) is 5.92 Å². The second kappa shape index (κ2) is 12.6. The third kappa shape index (κ3) is 7.88. The minimum absolute atomic E-state index is 0.194. The predicted octanol–water partition coefficient (Wildman–Crippen LogP) is 5.44. The Morgan fingerprint density at radius 1 is 1.12 bits per heavy atom. The molecule has 0 saturated heterocycles. The number of carbonyl (C=O) groups excluding carboxylic acids is 2. The molecule has 7 nitrogen and oxygen atoms in total. The molecular formula is C25H29ClN4O3S. The average molecular weight is 501 g/mol. The third-order valence-electron chi connectivity index (χ3n) is 4.95. The zero-order valence-corrected chi connectivity index (χ0v) is 21.1. The summed E-state index contributed by atoms with van der Waals surface area (Å²) in [6.45, 7) is 6.49. The van der Waals surface area contributed by atoms with Crippen molar-refractivity contribution in [2.24, 2.45) is 11.8 Å². The number of anilines is 1. The summed E-state index contributed by atoms with van der Waals surface area (Å²) in [5, 5.41) is 12.0. The lowest BCUT2D eigenvalue weighted by Gasteiger charge is -2.17. The number of halogens is 1. The van der Waals surface area contributed by atoms with Crippen molar-refractivity contribution in [3.05, 3.63) is 71.0 Å². The van der Waals surface area contributed by atoms with Crippen LogP contribution in [0, 0.1) is 11.8 Å². The summed E-state index contributed by atoms with van der Waals surface area (Å²) in [7, 11) is 0. The van der Waals surface area contributed by atoms with Crippen molar-refractivity contribution in [2.75, 3.05) is 11.9 Å². The maximum atomic E-state index is 12.7. The maximum Gasteiger partial charge on any atom is 0.318 e. The van der Waals surface area contributed by atoms with Crippen LogP contribution in [0.2, 0.25) is 5.02 Å². The number of amides is 1. The Morgan fingerprint density at radius 2 is 1.82 bits per heavy atom. The van der Waals surface area contributed by atoms with Gasteiger partial charge in [0.2, 0.25) is 5.91 Å². The van der Waals surface area contributed by atoms with Gasteiger partial charge in [-0.1, -0.05) is 42.8 Å². The number of hydrogen-bond acceptors (Lipinski definition) is 6. The van der Waals surface area contributed by atoms with Gasteiger partial charge in [0.25, 0.3) is 0 Å². The van der Waals surface area contributed by atoms with Crippen LogP contribution in [0.1, 0.15) is 38.4 Å². The molecule has 0 spiro atoms. The number of nitrogens with zero attached hydrogens (tertiary/aromatic N) is 3. The Morgan fingerprint density at radius 3 is 2.47 bits per heavy atom. The predicted molar refractivity (Wildman–Crippen MR) is 135 cm³/mol. The molecule has 1 heterocycles. The molecule has 1 atom stereocenters. The van der Waals surface area contributed by atoms with Crippen molar-refractivity contribution in [3.63, 3.8) is 0 Å². The van der Waals surface area contributed by atoms with E-state index in [-0.39, 0.29) is 18.4 Å². The van der Waals surface area contributed by atoms with E-state index in [0.29, 0.717) is 24.4 Å². The van der Waals surface area contributed by atoms with Crippen LogP contribution in [-0.2, 0) is 26.6 Å². The summed E-state index contributed by atoms with van der Waals surface area (Å²) in [5.41, 5.74) is 2.54. The van der Waals surface area contributed by atoms with Crippen molar-refractivity contribution < 1.29 is 14.3 Å². The first-order valence-electron chi connectivity index (χ1n) is 11.2. The average Bonchev–Trinajstić information content (AvgIpc) is 3.25. The molecule has 9 heteroatoms. The number of esters is 1. The molecule has 0 aliphatic carbocycles. The smallest absolute Gasteiger partial charge is 0.318 e. The lowest BCUT2D eigenvalue weighted by Crippen LogP contribution is -2.32. The Balaban J connectivity index is 1.54. The van der Waals surface area contributed by atoms with Gasteiger partial charge in [-0.2, -0.15) is 0 Å². The minimum Gasteiger partial charge on any atom is -0.465 e. The molecule has 0 fully saturated rings. The van der Waals surface area contributed by atoms with Crippen molar-refractivity contribution in [1.82, 2.24) is 15.0 Å². The zero-order chi connectivity index (χ0) is 24.5. The van der Waals surface area contributed by atoms with E-state index in [0.717, 1.165) is 21.2 Å². The number of ether oxygens (including phenoxy) is 1. The molecule has 1 N–H and O–H groups in total. The first-order chi connectivity index (χ1) is 16.3. The lowest BCUT2D eigenvalue weighted by molar-refractivity contribution is -0.151. The highest BCUT2D eigenvalue weighted by Crippen LogP contribution is 2.23. The summed E-state index contributed by atoms with van der Waals surface area (Å²) in [6, 6.07) is 15.2. The fourth-order valence-electron chi connectivity index (χ4n) is 3.30. The number of aromatic nitrogens is 3. The SMILES string of the molecule is CCOC(=O)C(CC(C)C)C(=O)Nc1ccc(Cn2cc(CSc3ccc(Cl)cc3)nn2)cc1. The van der Waals surface area contributed by atoms with Crippen LogP contribution >= 0.6 is 23.4 Å². The zero-order valence-electron chi connectivity index (χ0n) is 19.5. The van der Waals surface area contributed by atoms with E-state index in [2.05, 4.69) is 15.6 Å². The van der Waals surface area contributed by atoms with Crippen molar-refractivity contribution in [2.45, 2.75) is 44.4 Å². The van der Waals surface area contributed by atoms with Crippen molar-refractivity contribution in [3.8, 4) is 0 Å². The third-order valence-corrected chi connectivity index (χ3v) is 6.24. The quantitative estimate of drug-likeness (QED) is 0.214. The standard InChI is InChI=1S/C25H29ClN4O3S/c1-4-33-25(32)23(13-17(2)3)24(31)27-20-9-5-18(6-10-20)14-30-15-21(28-29-30)16-34-22-11-7-19(26)8-12-22/h5-12,15,17,23H,4,13-14,16H2,1-3H3,(H,27,31). The second-order valence-corrected chi connectivity index (χ2v) is 9.76. The molecule has 180 valence electrons. The van der Waals surface area contributed by atoms with Gasteiger partial charge < -0.3 is 10.1 Å². The van der Waals surface area contributed by atoms with Crippen LogP contribution in [0.3, 0.4) is 0 Å². The molecule has 1 unspecified atom stereocenters. The largest absolute Gasteiger partial charge is 0.465 e. The number of carbonyl (C=O) groups is 2. The van der Waals surface area contributed by atoms with E-state index < -0.39 is 11.9 Å². The van der Waals surface area contributed by atoms with Crippen LogP contribution in [-0.4, -0.2) is 33.5 Å². The molecule has 0 radical (unpaired) electrons. The highest BCUT2D eigenvalue weighted by Gasteiger charge is 2.28. The number of hydrogen-bond donors (Lipinski definition) is 1. The number of benzene rings is 2. The molecule has 3 aromatic rings. The highest BCUT2D eigenvalue weighted by atomic mass is 35.5. The molecule has 1 aromatic heterocycles. The van der Waals surface area contributed by atoms with E-state index in [1.54, 1.807) is 23.4 Å². The minimum atomic E-state index is -0.820. The summed E-state index contributed by atoms with van der Waals surface area (Å²) in [6.07, 6.45) is 2.36. The van der Waals surface area contributed by atoms with E-state index in [1.807, 2.05) is 68.6 Å². The fraction of sp³-hybridized carbons (Fsp3) is 0.360.